The zero-order valence-electron chi connectivity index (χ0n) is 15.5. The van der Waals surface area contributed by atoms with Crippen LogP contribution in [0, 0.1) is 0 Å². The number of rotatable bonds is 7. The first-order valence-corrected chi connectivity index (χ1v) is 8.37. The largest absolute Gasteiger partial charge is 0.465 e. The molecule has 0 aliphatic rings. The highest BCUT2D eigenvalue weighted by Crippen LogP contribution is 2.08. The molecular formula is C18H27N3O5. The number of amides is 3. The van der Waals surface area contributed by atoms with Gasteiger partial charge < -0.3 is 25.8 Å². The minimum absolute atomic E-state index is 0.138. The lowest BCUT2D eigenvalue weighted by molar-refractivity contribution is -0.122. The van der Waals surface area contributed by atoms with E-state index in [-0.39, 0.29) is 6.54 Å². The Hall–Kier alpha value is -2.77. The second-order valence-electron chi connectivity index (χ2n) is 6.95. The molecule has 2 atom stereocenters. The van der Waals surface area contributed by atoms with Crippen LogP contribution >= 0.6 is 0 Å². The maximum atomic E-state index is 12.0. The number of hydrogen-bond donors (Lipinski definition) is 4. The Kier molecular flexibility index (Phi) is 7.89. The summed E-state index contributed by atoms with van der Waals surface area (Å²) in [5, 5.41) is 16.1. The normalized spacial score (nSPS) is 13.2. The summed E-state index contributed by atoms with van der Waals surface area (Å²) in [6.07, 6.45) is -1.37. The molecule has 4 N–H and O–H groups in total. The highest BCUT2D eigenvalue weighted by molar-refractivity contribution is 5.84. The van der Waals surface area contributed by atoms with E-state index in [1.54, 1.807) is 20.8 Å². The van der Waals surface area contributed by atoms with E-state index in [1.807, 2.05) is 30.3 Å². The zero-order chi connectivity index (χ0) is 19.7. The molecular weight excluding hydrogens is 338 g/mol. The SMILES string of the molecule is C[C@@H](NC(=O)O)C(=O)NC[C@H](Cc1ccccc1)NC(=O)OC(C)(C)C. The molecule has 0 unspecified atom stereocenters. The second-order valence-corrected chi connectivity index (χ2v) is 6.95. The van der Waals surface area contributed by atoms with Gasteiger partial charge in [-0.25, -0.2) is 9.59 Å². The van der Waals surface area contributed by atoms with Gasteiger partial charge in [0.05, 0.1) is 6.04 Å². The summed E-state index contributed by atoms with van der Waals surface area (Å²) in [5.74, 6) is -0.476. The molecule has 144 valence electrons. The van der Waals surface area contributed by atoms with Gasteiger partial charge in [0.2, 0.25) is 5.91 Å². The lowest BCUT2D eigenvalue weighted by atomic mass is 10.1. The number of hydrogen-bond acceptors (Lipinski definition) is 4. The molecule has 0 aliphatic carbocycles. The third-order valence-electron chi connectivity index (χ3n) is 3.30. The molecule has 1 rings (SSSR count). The molecule has 0 saturated heterocycles. The van der Waals surface area contributed by atoms with E-state index in [4.69, 9.17) is 9.84 Å². The van der Waals surface area contributed by atoms with Gasteiger partial charge in [-0.2, -0.15) is 0 Å². The van der Waals surface area contributed by atoms with E-state index >= 15 is 0 Å². The summed E-state index contributed by atoms with van der Waals surface area (Å²) in [6, 6.07) is 8.19. The van der Waals surface area contributed by atoms with Crippen molar-refractivity contribution in [2.75, 3.05) is 6.54 Å². The van der Waals surface area contributed by atoms with Crippen LogP contribution in [0.1, 0.15) is 33.3 Å². The van der Waals surface area contributed by atoms with Crippen molar-refractivity contribution in [2.24, 2.45) is 0 Å². The van der Waals surface area contributed by atoms with Crippen LogP contribution in [0.25, 0.3) is 0 Å². The summed E-state index contributed by atoms with van der Waals surface area (Å²) in [5.41, 5.74) is 0.351. The van der Waals surface area contributed by atoms with E-state index in [9.17, 15) is 14.4 Å². The summed E-state index contributed by atoms with van der Waals surface area (Å²) in [6.45, 7) is 6.87. The van der Waals surface area contributed by atoms with Gasteiger partial charge in [-0.15, -0.1) is 0 Å². The van der Waals surface area contributed by atoms with Gasteiger partial charge >= 0.3 is 12.2 Å². The molecule has 3 amide bonds. The maximum absolute atomic E-state index is 12.0. The number of carbonyl (C=O) groups is 3. The first kappa shape index (κ1) is 21.3. The molecule has 26 heavy (non-hydrogen) atoms. The van der Waals surface area contributed by atoms with Crippen molar-refractivity contribution in [3.05, 3.63) is 35.9 Å². The molecule has 0 spiro atoms. The summed E-state index contributed by atoms with van der Waals surface area (Å²) < 4.78 is 5.26. The fourth-order valence-corrected chi connectivity index (χ4v) is 2.17. The fourth-order valence-electron chi connectivity index (χ4n) is 2.17. The second kappa shape index (κ2) is 9.65. The van der Waals surface area contributed by atoms with Crippen molar-refractivity contribution in [1.82, 2.24) is 16.0 Å². The van der Waals surface area contributed by atoms with Crippen LogP contribution in [0.2, 0.25) is 0 Å². The van der Waals surface area contributed by atoms with Gasteiger partial charge in [0.25, 0.3) is 0 Å². The van der Waals surface area contributed by atoms with Crippen LogP contribution in [0.3, 0.4) is 0 Å². The Morgan fingerprint density at radius 1 is 1.12 bits per heavy atom. The van der Waals surface area contributed by atoms with E-state index in [2.05, 4.69) is 16.0 Å². The third kappa shape index (κ3) is 8.91. The Bertz CT molecular complexity index is 613. The molecule has 0 aromatic heterocycles. The third-order valence-corrected chi connectivity index (χ3v) is 3.30. The van der Waals surface area contributed by atoms with Crippen LogP contribution in [0.15, 0.2) is 30.3 Å². The molecule has 8 heteroatoms. The van der Waals surface area contributed by atoms with Crippen molar-refractivity contribution < 1.29 is 24.2 Å². The lowest BCUT2D eigenvalue weighted by Crippen LogP contribution is -2.50. The molecule has 1 aromatic rings. The van der Waals surface area contributed by atoms with Crippen LogP contribution < -0.4 is 16.0 Å². The van der Waals surface area contributed by atoms with Gasteiger partial charge in [-0.05, 0) is 39.7 Å². The van der Waals surface area contributed by atoms with Crippen molar-refractivity contribution in [3.8, 4) is 0 Å². The van der Waals surface area contributed by atoms with E-state index in [0.717, 1.165) is 5.56 Å². The molecule has 0 fully saturated rings. The number of carboxylic acid groups (broad SMARTS) is 1. The predicted molar refractivity (Wildman–Crippen MR) is 96.9 cm³/mol. The van der Waals surface area contributed by atoms with Gasteiger partial charge in [0.1, 0.15) is 11.6 Å². The Balaban J connectivity index is 2.69. The first-order valence-electron chi connectivity index (χ1n) is 8.37. The molecule has 8 nitrogen and oxygen atoms in total. The zero-order valence-corrected chi connectivity index (χ0v) is 15.5. The molecule has 1 aromatic carbocycles. The molecule has 0 heterocycles. The molecule has 0 radical (unpaired) electrons. The number of nitrogens with one attached hydrogen (secondary N) is 3. The number of benzene rings is 1. The summed E-state index contributed by atoms with van der Waals surface area (Å²) in [7, 11) is 0. The van der Waals surface area contributed by atoms with Crippen LogP contribution in [-0.2, 0) is 16.0 Å². The lowest BCUT2D eigenvalue weighted by Gasteiger charge is -2.24. The van der Waals surface area contributed by atoms with Crippen molar-refractivity contribution >= 4 is 18.1 Å². The topological polar surface area (TPSA) is 117 Å². The minimum Gasteiger partial charge on any atom is -0.465 e. The predicted octanol–water partition coefficient (Wildman–Crippen LogP) is 1.89. The smallest absolute Gasteiger partial charge is 0.407 e. The van der Waals surface area contributed by atoms with Gasteiger partial charge in [-0.3, -0.25) is 4.79 Å². The Labute approximate surface area is 153 Å². The minimum atomic E-state index is -1.28. The standard InChI is InChI=1S/C18H27N3O5/c1-12(20-16(23)24)15(22)19-11-14(10-13-8-6-5-7-9-13)21-17(25)26-18(2,3)4/h5-9,12,14,20H,10-11H2,1-4H3,(H,19,22)(H,21,25)(H,23,24)/t12-,14+/m1/s1. The van der Waals surface area contributed by atoms with E-state index in [0.29, 0.717) is 6.42 Å². The van der Waals surface area contributed by atoms with Gasteiger partial charge in [-0.1, -0.05) is 30.3 Å². The highest BCUT2D eigenvalue weighted by Gasteiger charge is 2.21. The van der Waals surface area contributed by atoms with Gasteiger partial charge in [0.15, 0.2) is 0 Å². The number of ether oxygens (including phenoxy) is 1. The number of carbonyl (C=O) groups excluding carboxylic acids is 2. The average molecular weight is 365 g/mol. The van der Waals surface area contributed by atoms with Crippen molar-refractivity contribution in [1.29, 1.82) is 0 Å². The fraction of sp³-hybridized carbons (Fsp3) is 0.500. The summed E-state index contributed by atoms with van der Waals surface area (Å²) >= 11 is 0. The highest BCUT2D eigenvalue weighted by atomic mass is 16.6. The van der Waals surface area contributed by atoms with Crippen molar-refractivity contribution in [3.63, 3.8) is 0 Å². The van der Waals surface area contributed by atoms with Crippen molar-refractivity contribution in [2.45, 2.75) is 51.8 Å². The Morgan fingerprint density at radius 3 is 2.27 bits per heavy atom. The average Bonchev–Trinajstić information content (AvgIpc) is 2.50. The number of alkyl carbamates (subject to hydrolysis) is 1. The van der Waals surface area contributed by atoms with Crippen LogP contribution in [0.4, 0.5) is 9.59 Å². The first-order chi connectivity index (χ1) is 12.1. The monoisotopic (exact) mass is 365 g/mol. The molecule has 0 bridgehead atoms. The van der Waals surface area contributed by atoms with Gasteiger partial charge in [0, 0.05) is 6.54 Å². The summed E-state index contributed by atoms with van der Waals surface area (Å²) in [4.78, 5) is 34.6. The quantitative estimate of drug-likeness (QED) is 0.589. The van der Waals surface area contributed by atoms with E-state index < -0.39 is 35.8 Å². The van der Waals surface area contributed by atoms with Crippen LogP contribution in [0.5, 0.6) is 0 Å². The Morgan fingerprint density at radius 2 is 1.73 bits per heavy atom. The van der Waals surface area contributed by atoms with Crippen LogP contribution in [-0.4, -0.2) is 47.4 Å². The maximum Gasteiger partial charge on any atom is 0.407 e. The molecule has 0 aliphatic heterocycles. The van der Waals surface area contributed by atoms with E-state index in [1.165, 1.54) is 6.92 Å². The molecule has 0 saturated carbocycles.